The number of nitrogens with one attached hydrogen (secondary N) is 1. The molecular weight excluding hydrogens is 403 g/mol. The van der Waals surface area contributed by atoms with Gasteiger partial charge in [0.2, 0.25) is 5.91 Å². The highest BCUT2D eigenvalue weighted by Crippen LogP contribution is 2.26. The second-order valence-corrected chi connectivity index (χ2v) is 8.20. The summed E-state index contributed by atoms with van der Waals surface area (Å²) in [6.07, 6.45) is -0.380. The first-order valence-electron chi connectivity index (χ1n) is 9.75. The lowest BCUT2D eigenvalue weighted by molar-refractivity contribution is -0.113. The van der Waals surface area contributed by atoms with Crippen molar-refractivity contribution in [3.8, 4) is 5.75 Å². The molecule has 8 heteroatoms. The lowest BCUT2D eigenvalue weighted by Crippen LogP contribution is -2.17. The summed E-state index contributed by atoms with van der Waals surface area (Å²) in [6, 6.07) is 15.2. The van der Waals surface area contributed by atoms with Crippen molar-refractivity contribution in [2.75, 3.05) is 11.1 Å². The van der Waals surface area contributed by atoms with Crippen molar-refractivity contribution in [1.82, 2.24) is 14.8 Å². The number of aromatic nitrogens is 3. The van der Waals surface area contributed by atoms with Gasteiger partial charge in [-0.15, -0.1) is 10.2 Å². The van der Waals surface area contributed by atoms with E-state index >= 15 is 0 Å². The van der Waals surface area contributed by atoms with E-state index in [1.807, 2.05) is 41.8 Å². The minimum absolute atomic E-state index is 0.109. The van der Waals surface area contributed by atoms with E-state index in [-0.39, 0.29) is 23.6 Å². The van der Waals surface area contributed by atoms with Gasteiger partial charge in [-0.05, 0) is 49.2 Å². The first kappa shape index (κ1) is 21.8. The smallest absolute Gasteiger partial charge is 0.234 e. The van der Waals surface area contributed by atoms with Gasteiger partial charge in [0.15, 0.2) is 17.1 Å². The zero-order valence-corrected chi connectivity index (χ0v) is 18.0. The molecule has 1 heterocycles. The number of halogens is 1. The topological polar surface area (TPSA) is 69.0 Å². The van der Waals surface area contributed by atoms with Crippen LogP contribution in [0, 0.1) is 11.7 Å². The monoisotopic (exact) mass is 428 g/mol. The second-order valence-electron chi connectivity index (χ2n) is 7.26. The van der Waals surface area contributed by atoms with E-state index in [2.05, 4.69) is 29.4 Å². The molecule has 30 heavy (non-hydrogen) atoms. The molecule has 1 unspecified atom stereocenters. The molecule has 0 aliphatic heterocycles. The summed E-state index contributed by atoms with van der Waals surface area (Å²) in [7, 11) is 0. The molecule has 6 nitrogen and oxygen atoms in total. The molecule has 1 N–H and O–H groups in total. The maximum atomic E-state index is 13.1. The molecule has 0 aliphatic rings. The highest BCUT2D eigenvalue weighted by atomic mass is 32.2. The first-order chi connectivity index (χ1) is 14.4. The summed E-state index contributed by atoms with van der Waals surface area (Å²) in [6.45, 7) is 6.78. The van der Waals surface area contributed by atoms with Crippen molar-refractivity contribution in [2.45, 2.75) is 38.6 Å². The number of anilines is 1. The van der Waals surface area contributed by atoms with Crippen LogP contribution in [-0.4, -0.2) is 26.4 Å². The van der Waals surface area contributed by atoms with Crippen molar-refractivity contribution in [3.05, 3.63) is 66.2 Å². The molecule has 0 spiro atoms. The van der Waals surface area contributed by atoms with E-state index < -0.39 is 0 Å². The molecule has 3 aromatic rings. The molecule has 0 aliphatic carbocycles. The fraction of sp³-hybridized carbons (Fsp3) is 0.318. The minimum Gasteiger partial charge on any atom is -0.483 e. The van der Waals surface area contributed by atoms with E-state index in [1.54, 1.807) is 12.1 Å². The summed E-state index contributed by atoms with van der Waals surface area (Å²) < 4.78 is 21.0. The molecule has 158 valence electrons. The molecule has 0 radical (unpaired) electrons. The second kappa shape index (κ2) is 10.2. The maximum Gasteiger partial charge on any atom is 0.234 e. The van der Waals surface area contributed by atoms with Crippen LogP contribution >= 0.6 is 11.8 Å². The van der Waals surface area contributed by atoms with Gasteiger partial charge in [0, 0.05) is 12.2 Å². The average molecular weight is 429 g/mol. The molecule has 1 amide bonds. The summed E-state index contributed by atoms with van der Waals surface area (Å²) in [5.41, 5.74) is 0.758. The zero-order valence-electron chi connectivity index (χ0n) is 17.2. The van der Waals surface area contributed by atoms with Crippen molar-refractivity contribution >= 4 is 23.4 Å². The van der Waals surface area contributed by atoms with Crippen LogP contribution in [0.2, 0.25) is 0 Å². The summed E-state index contributed by atoms with van der Waals surface area (Å²) in [4.78, 5) is 12.3. The number of carbonyl (C=O) groups is 1. The predicted octanol–water partition coefficient (Wildman–Crippen LogP) is 4.94. The molecule has 0 saturated carbocycles. The van der Waals surface area contributed by atoms with Crippen LogP contribution in [0.5, 0.6) is 5.75 Å². The Morgan fingerprint density at radius 2 is 1.80 bits per heavy atom. The molecule has 1 aromatic heterocycles. The van der Waals surface area contributed by atoms with Crippen LogP contribution < -0.4 is 10.1 Å². The number of carbonyl (C=O) groups excluding carboxylic acids is 1. The van der Waals surface area contributed by atoms with Crippen molar-refractivity contribution in [3.63, 3.8) is 0 Å². The Balaban J connectivity index is 1.69. The van der Waals surface area contributed by atoms with Crippen LogP contribution in [0.3, 0.4) is 0 Å². The fourth-order valence-corrected chi connectivity index (χ4v) is 3.62. The van der Waals surface area contributed by atoms with Crippen LogP contribution in [0.15, 0.2) is 59.8 Å². The highest BCUT2D eigenvalue weighted by Gasteiger charge is 2.21. The van der Waals surface area contributed by atoms with Gasteiger partial charge in [-0.25, -0.2) is 4.39 Å². The summed E-state index contributed by atoms with van der Waals surface area (Å²) >= 11 is 1.34. The minimum atomic E-state index is -0.380. The largest absolute Gasteiger partial charge is 0.483 e. The third-order valence-corrected chi connectivity index (χ3v) is 5.14. The Morgan fingerprint density at radius 3 is 2.47 bits per heavy atom. The Labute approximate surface area is 179 Å². The third kappa shape index (κ3) is 6.06. The number of ether oxygens (including phenoxy) is 1. The number of thioether (sulfide) groups is 1. The third-order valence-electron chi connectivity index (χ3n) is 4.17. The van der Waals surface area contributed by atoms with Crippen LogP contribution in [0.4, 0.5) is 10.1 Å². The molecule has 1 atom stereocenters. The lowest BCUT2D eigenvalue weighted by Gasteiger charge is -2.17. The molecule has 2 aromatic carbocycles. The van der Waals surface area contributed by atoms with E-state index in [0.717, 1.165) is 5.69 Å². The molecule has 0 saturated heterocycles. The number of benzene rings is 2. The Bertz CT molecular complexity index is 961. The zero-order chi connectivity index (χ0) is 21.5. The maximum absolute atomic E-state index is 13.1. The van der Waals surface area contributed by atoms with Gasteiger partial charge in [-0.1, -0.05) is 43.8 Å². The average Bonchev–Trinajstić information content (AvgIpc) is 3.11. The van der Waals surface area contributed by atoms with Crippen molar-refractivity contribution in [2.24, 2.45) is 5.92 Å². The molecule has 0 bridgehead atoms. The molecule has 3 rings (SSSR count). The van der Waals surface area contributed by atoms with Gasteiger partial charge in [0.25, 0.3) is 0 Å². The van der Waals surface area contributed by atoms with Crippen LogP contribution in [0.1, 0.15) is 32.7 Å². The van der Waals surface area contributed by atoms with E-state index in [0.29, 0.717) is 29.2 Å². The molecule has 0 fully saturated rings. The Morgan fingerprint density at radius 1 is 1.10 bits per heavy atom. The normalized spacial score (nSPS) is 12.0. The number of para-hydroxylation sites is 1. The van der Waals surface area contributed by atoms with Gasteiger partial charge >= 0.3 is 0 Å². The number of hydrogen-bond donors (Lipinski definition) is 1. The highest BCUT2D eigenvalue weighted by molar-refractivity contribution is 7.99. The van der Waals surface area contributed by atoms with Crippen LogP contribution in [-0.2, 0) is 11.3 Å². The quantitative estimate of drug-likeness (QED) is 0.489. The van der Waals surface area contributed by atoms with E-state index in [4.69, 9.17) is 4.74 Å². The fourth-order valence-electron chi connectivity index (χ4n) is 2.86. The number of rotatable bonds is 9. The predicted molar refractivity (Wildman–Crippen MR) is 116 cm³/mol. The van der Waals surface area contributed by atoms with Gasteiger partial charge < -0.3 is 14.6 Å². The Hall–Kier alpha value is -2.87. The number of hydrogen-bond acceptors (Lipinski definition) is 5. The lowest BCUT2D eigenvalue weighted by atomic mass is 10.2. The summed E-state index contributed by atoms with van der Waals surface area (Å²) in [5.74, 6) is 1.37. The van der Waals surface area contributed by atoms with Gasteiger partial charge in [-0.2, -0.15) is 0 Å². The number of nitrogens with zero attached hydrogens (tertiary/aromatic N) is 3. The van der Waals surface area contributed by atoms with Crippen molar-refractivity contribution < 1.29 is 13.9 Å². The van der Waals surface area contributed by atoms with Crippen molar-refractivity contribution in [1.29, 1.82) is 0 Å². The first-order valence-corrected chi connectivity index (χ1v) is 10.7. The van der Waals surface area contributed by atoms with Gasteiger partial charge in [-0.3, -0.25) is 4.79 Å². The SMILES string of the molecule is CC(C)Cn1c(SCC(=O)Nc2ccccc2)nnc1C(C)Oc1ccc(F)cc1. The van der Waals surface area contributed by atoms with E-state index in [1.165, 1.54) is 23.9 Å². The summed E-state index contributed by atoms with van der Waals surface area (Å²) in [5, 5.41) is 12.1. The van der Waals surface area contributed by atoms with Gasteiger partial charge in [0.05, 0.1) is 5.75 Å². The molecular formula is C22H25FN4O2S. The number of amides is 1. The Kier molecular flexibility index (Phi) is 7.46. The van der Waals surface area contributed by atoms with Crippen LogP contribution in [0.25, 0.3) is 0 Å². The van der Waals surface area contributed by atoms with E-state index in [9.17, 15) is 9.18 Å². The van der Waals surface area contributed by atoms with Gasteiger partial charge in [0.1, 0.15) is 11.6 Å². The standard InChI is InChI=1S/C22H25FN4O2S/c1-15(2)13-27-21(16(3)29-19-11-9-17(23)10-12-19)25-26-22(27)30-14-20(28)24-18-7-5-4-6-8-18/h4-12,15-16H,13-14H2,1-3H3,(H,24,28).